The third-order valence-corrected chi connectivity index (χ3v) is 5.79. The molecular weight excluding hydrogens is 426 g/mol. The van der Waals surface area contributed by atoms with Crippen LogP contribution in [-0.2, 0) is 11.2 Å². The molecule has 0 spiro atoms. The number of hydrazone groups is 1. The number of hydrogen-bond donors (Lipinski definition) is 2. The molecule has 0 fully saturated rings. The van der Waals surface area contributed by atoms with Crippen LogP contribution >= 0.6 is 27.7 Å². The van der Waals surface area contributed by atoms with Crippen LogP contribution in [0.15, 0.2) is 69.1 Å². The van der Waals surface area contributed by atoms with E-state index in [0.29, 0.717) is 18.0 Å². The fourth-order valence-corrected chi connectivity index (χ4v) is 3.81. The van der Waals surface area contributed by atoms with Crippen LogP contribution in [0.1, 0.15) is 5.56 Å². The highest BCUT2D eigenvalue weighted by atomic mass is 79.9. The van der Waals surface area contributed by atoms with Crippen molar-refractivity contribution in [2.24, 2.45) is 5.10 Å². The first-order chi connectivity index (χ1) is 13.1. The topological polar surface area (TPSA) is 64.9 Å². The van der Waals surface area contributed by atoms with Crippen LogP contribution in [0.4, 0.5) is 0 Å². The fraction of sp³-hybridized carbons (Fsp3) is 0.300. The van der Waals surface area contributed by atoms with Crippen LogP contribution in [0.2, 0.25) is 0 Å². The Labute approximate surface area is 172 Å². The zero-order valence-electron chi connectivity index (χ0n) is 14.8. The minimum atomic E-state index is -0.233. The van der Waals surface area contributed by atoms with E-state index in [2.05, 4.69) is 38.5 Å². The van der Waals surface area contributed by atoms with E-state index in [4.69, 9.17) is 0 Å². The summed E-state index contributed by atoms with van der Waals surface area (Å²) in [5.74, 6) is 0.278. The molecule has 5 nitrogen and oxygen atoms in total. The van der Waals surface area contributed by atoms with Crippen LogP contribution < -0.4 is 5.32 Å². The Morgan fingerprint density at radius 1 is 1.22 bits per heavy atom. The van der Waals surface area contributed by atoms with E-state index in [9.17, 15) is 9.90 Å². The van der Waals surface area contributed by atoms with Gasteiger partial charge >= 0.3 is 0 Å². The highest BCUT2D eigenvalue weighted by Crippen LogP contribution is 2.20. The molecule has 1 amide bonds. The van der Waals surface area contributed by atoms with Crippen molar-refractivity contribution in [3.05, 3.63) is 64.6 Å². The van der Waals surface area contributed by atoms with Crippen LogP contribution in [0.3, 0.4) is 0 Å². The predicted octanol–water partition coefficient (Wildman–Crippen LogP) is 2.93. The van der Waals surface area contributed by atoms with Gasteiger partial charge in [-0.3, -0.25) is 9.80 Å². The molecule has 2 N–H and O–H groups in total. The maximum Gasteiger partial charge on any atom is 0.230 e. The average molecular weight is 448 g/mol. The molecule has 3 rings (SSSR count). The van der Waals surface area contributed by atoms with Gasteiger partial charge in [0.05, 0.1) is 30.7 Å². The molecule has 2 aromatic carbocycles. The van der Waals surface area contributed by atoms with Crippen LogP contribution in [0.5, 0.6) is 0 Å². The summed E-state index contributed by atoms with van der Waals surface area (Å²) < 4.78 is 1.02. The molecule has 0 aliphatic carbocycles. The van der Waals surface area contributed by atoms with Crippen molar-refractivity contribution < 1.29 is 9.90 Å². The highest BCUT2D eigenvalue weighted by Gasteiger charge is 2.27. The summed E-state index contributed by atoms with van der Waals surface area (Å²) in [6, 6.07) is 17.9. The maximum absolute atomic E-state index is 12.3. The number of rotatable bonds is 8. The van der Waals surface area contributed by atoms with Crippen molar-refractivity contribution in [2.45, 2.75) is 17.4 Å². The molecule has 2 aromatic rings. The molecule has 0 aromatic heterocycles. The Bertz CT molecular complexity index is 784. The Morgan fingerprint density at radius 2 is 1.96 bits per heavy atom. The summed E-state index contributed by atoms with van der Waals surface area (Å²) in [6.07, 6.45) is 0.878. The van der Waals surface area contributed by atoms with Gasteiger partial charge in [-0.25, -0.2) is 0 Å². The average Bonchev–Trinajstić information content (AvgIpc) is 3.08. The number of nitrogens with zero attached hydrogens (tertiary/aromatic N) is 2. The van der Waals surface area contributed by atoms with Crippen molar-refractivity contribution in [1.29, 1.82) is 0 Å². The predicted molar refractivity (Wildman–Crippen MR) is 113 cm³/mol. The molecule has 1 aliphatic rings. The maximum atomic E-state index is 12.3. The van der Waals surface area contributed by atoms with Gasteiger partial charge < -0.3 is 10.4 Å². The third kappa shape index (κ3) is 6.09. The quantitative estimate of drug-likeness (QED) is 0.610. The lowest BCUT2D eigenvalue weighted by molar-refractivity contribution is -0.118. The van der Waals surface area contributed by atoms with E-state index in [1.807, 2.05) is 47.5 Å². The zero-order valence-corrected chi connectivity index (χ0v) is 17.2. The Morgan fingerprint density at radius 3 is 2.67 bits per heavy atom. The molecular formula is C20H22BrN3O2S. The van der Waals surface area contributed by atoms with Gasteiger partial charge in [-0.15, -0.1) is 11.8 Å². The Balaban J connectivity index is 1.47. The first-order valence-electron chi connectivity index (χ1n) is 8.79. The number of amides is 1. The molecule has 1 heterocycles. The van der Waals surface area contributed by atoms with Crippen LogP contribution in [0.25, 0.3) is 0 Å². The summed E-state index contributed by atoms with van der Waals surface area (Å²) in [5, 5.41) is 18.9. The van der Waals surface area contributed by atoms with Gasteiger partial charge in [-0.05, 0) is 36.2 Å². The second-order valence-corrected chi connectivity index (χ2v) is 8.22. The molecule has 1 aliphatic heterocycles. The SMILES string of the molecule is O=C(CSc1ccc(Br)cc1)NC1CN(CCc2ccccc2)N=C1CO. The van der Waals surface area contributed by atoms with E-state index in [0.717, 1.165) is 22.3 Å². The largest absolute Gasteiger partial charge is 0.390 e. The van der Waals surface area contributed by atoms with E-state index < -0.39 is 0 Å². The third-order valence-electron chi connectivity index (χ3n) is 4.25. The standard InChI is InChI=1S/C20H22BrN3O2S/c21-16-6-8-17(9-7-16)27-14-20(26)22-18-12-24(23-19(18)13-25)11-10-15-4-2-1-3-5-15/h1-9,18,25H,10-14H2,(H,22,26). The second kappa shape index (κ2) is 9.92. The molecule has 0 saturated heterocycles. The smallest absolute Gasteiger partial charge is 0.230 e. The van der Waals surface area contributed by atoms with Crippen molar-refractivity contribution in [2.75, 3.05) is 25.4 Å². The number of halogens is 1. The van der Waals surface area contributed by atoms with Gasteiger partial charge in [0, 0.05) is 15.9 Å². The zero-order chi connectivity index (χ0) is 19.1. The monoisotopic (exact) mass is 447 g/mol. The van der Waals surface area contributed by atoms with Crippen molar-refractivity contribution in [3.63, 3.8) is 0 Å². The normalized spacial score (nSPS) is 16.3. The molecule has 7 heteroatoms. The Kier molecular flexibility index (Phi) is 7.32. The lowest BCUT2D eigenvalue weighted by Crippen LogP contribution is -2.44. The highest BCUT2D eigenvalue weighted by molar-refractivity contribution is 9.10. The van der Waals surface area contributed by atoms with Crippen LogP contribution in [0, 0.1) is 0 Å². The molecule has 1 unspecified atom stereocenters. The number of carbonyl (C=O) groups is 1. The fourth-order valence-electron chi connectivity index (χ4n) is 2.84. The van der Waals surface area contributed by atoms with E-state index in [1.165, 1.54) is 17.3 Å². The summed E-state index contributed by atoms with van der Waals surface area (Å²) in [6.45, 7) is 1.21. The second-order valence-electron chi connectivity index (χ2n) is 6.26. The number of thioether (sulfide) groups is 1. The Hall–Kier alpha value is -1.83. The van der Waals surface area contributed by atoms with Crippen molar-refractivity contribution >= 4 is 39.3 Å². The first kappa shape index (κ1) is 19.9. The summed E-state index contributed by atoms with van der Waals surface area (Å²) in [5.41, 5.74) is 1.86. The summed E-state index contributed by atoms with van der Waals surface area (Å²) in [4.78, 5) is 13.3. The molecule has 1 atom stereocenters. The van der Waals surface area contributed by atoms with E-state index in [-0.39, 0.29) is 18.6 Å². The molecule has 0 radical (unpaired) electrons. The van der Waals surface area contributed by atoms with E-state index >= 15 is 0 Å². The summed E-state index contributed by atoms with van der Waals surface area (Å²) >= 11 is 4.89. The molecule has 27 heavy (non-hydrogen) atoms. The number of aliphatic hydroxyl groups excluding tert-OH is 1. The molecule has 0 bridgehead atoms. The molecule has 0 saturated carbocycles. The van der Waals surface area contributed by atoms with E-state index in [1.54, 1.807) is 0 Å². The van der Waals surface area contributed by atoms with Gasteiger partial charge in [0.15, 0.2) is 0 Å². The lowest BCUT2D eigenvalue weighted by atomic mass is 10.1. The molecule has 142 valence electrons. The van der Waals surface area contributed by atoms with Gasteiger partial charge in [-0.2, -0.15) is 5.10 Å². The van der Waals surface area contributed by atoms with Gasteiger partial charge in [-0.1, -0.05) is 46.3 Å². The number of benzene rings is 2. The minimum absolute atomic E-state index is 0.0565. The van der Waals surface area contributed by atoms with Crippen molar-refractivity contribution in [1.82, 2.24) is 10.3 Å². The van der Waals surface area contributed by atoms with Crippen LogP contribution in [-0.4, -0.2) is 53.2 Å². The van der Waals surface area contributed by atoms with Gasteiger partial charge in [0.25, 0.3) is 0 Å². The number of aliphatic hydroxyl groups is 1. The number of nitrogens with one attached hydrogen (secondary N) is 1. The van der Waals surface area contributed by atoms with Gasteiger partial charge in [0.2, 0.25) is 5.91 Å². The number of carbonyl (C=O) groups excluding carboxylic acids is 1. The number of hydrogen-bond acceptors (Lipinski definition) is 5. The lowest BCUT2D eigenvalue weighted by Gasteiger charge is -2.17. The van der Waals surface area contributed by atoms with Crippen molar-refractivity contribution in [3.8, 4) is 0 Å². The summed E-state index contributed by atoms with van der Waals surface area (Å²) in [7, 11) is 0. The minimum Gasteiger partial charge on any atom is -0.390 e. The first-order valence-corrected chi connectivity index (χ1v) is 10.6. The van der Waals surface area contributed by atoms with Gasteiger partial charge in [0.1, 0.15) is 0 Å².